The van der Waals surface area contributed by atoms with Crippen molar-refractivity contribution in [2.45, 2.75) is 64.6 Å². The van der Waals surface area contributed by atoms with Crippen LogP contribution in [0.2, 0.25) is 0 Å². The van der Waals surface area contributed by atoms with Crippen molar-refractivity contribution in [1.82, 2.24) is 15.6 Å². The van der Waals surface area contributed by atoms with E-state index in [1.165, 1.54) is 0 Å². The van der Waals surface area contributed by atoms with Gasteiger partial charge in [-0.05, 0) is 69.4 Å². The number of hydrogen-bond donors (Lipinski definition) is 3. The Morgan fingerprint density at radius 1 is 1.09 bits per heavy atom. The fraction of sp³-hybridized carbons (Fsp3) is 0.500. The Labute approximate surface area is 208 Å². The largest absolute Gasteiger partial charge is 0.494 e. The average molecular weight is 554 g/mol. The second-order valence-electron chi connectivity index (χ2n) is 7.73. The molecular formula is C24H35IN4O3. The third-order valence-electron chi connectivity index (χ3n) is 5.15. The van der Waals surface area contributed by atoms with Gasteiger partial charge in [0.1, 0.15) is 11.5 Å². The van der Waals surface area contributed by atoms with Crippen LogP contribution in [0, 0.1) is 0 Å². The molecule has 1 aliphatic rings. The van der Waals surface area contributed by atoms with E-state index < -0.39 is 0 Å². The fourth-order valence-corrected chi connectivity index (χ4v) is 3.47. The summed E-state index contributed by atoms with van der Waals surface area (Å²) in [5.41, 5.74) is 0.907. The molecule has 0 atom stereocenters. The van der Waals surface area contributed by atoms with E-state index in [4.69, 9.17) is 14.5 Å². The van der Waals surface area contributed by atoms with E-state index in [2.05, 4.69) is 22.5 Å². The van der Waals surface area contributed by atoms with Crippen LogP contribution in [0.4, 0.5) is 0 Å². The molecule has 1 saturated carbocycles. The number of aliphatic hydroxyl groups excluding tert-OH is 1. The second-order valence-corrected chi connectivity index (χ2v) is 7.73. The summed E-state index contributed by atoms with van der Waals surface area (Å²) in [5, 5.41) is 16.5. The van der Waals surface area contributed by atoms with Gasteiger partial charge in [0.15, 0.2) is 5.96 Å². The Bertz CT molecular complexity index is 824. The number of ether oxygens (including phenoxy) is 2. The predicted octanol–water partition coefficient (Wildman–Crippen LogP) is 4.64. The molecule has 8 heteroatoms. The van der Waals surface area contributed by atoms with Crippen LogP contribution in [0.25, 0.3) is 0 Å². The summed E-state index contributed by atoms with van der Waals surface area (Å²) in [5.74, 6) is 2.86. The van der Waals surface area contributed by atoms with Crippen LogP contribution in [-0.4, -0.2) is 41.3 Å². The van der Waals surface area contributed by atoms with Crippen LogP contribution < -0.4 is 20.1 Å². The molecule has 0 amide bonds. The number of nitrogens with one attached hydrogen (secondary N) is 2. The van der Waals surface area contributed by atoms with Gasteiger partial charge >= 0.3 is 0 Å². The molecule has 1 fully saturated rings. The van der Waals surface area contributed by atoms with E-state index in [1.54, 1.807) is 6.20 Å². The number of guanidine groups is 1. The number of rotatable bonds is 9. The van der Waals surface area contributed by atoms with Crippen molar-refractivity contribution in [1.29, 1.82) is 0 Å². The Morgan fingerprint density at radius 2 is 1.81 bits per heavy atom. The SMILES string of the molecule is CCCOc1ccc(Oc2ncccc2CN=C(NCC)NC2CCC(O)CC2)cc1.I. The molecule has 1 aromatic heterocycles. The van der Waals surface area contributed by atoms with Gasteiger partial charge in [-0.2, -0.15) is 0 Å². The zero-order valence-electron chi connectivity index (χ0n) is 18.9. The number of aliphatic hydroxyl groups is 1. The maximum absolute atomic E-state index is 9.72. The van der Waals surface area contributed by atoms with Crippen LogP contribution in [0.15, 0.2) is 47.6 Å². The minimum atomic E-state index is -0.167. The molecule has 0 saturated heterocycles. The zero-order valence-corrected chi connectivity index (χ0v) is 21.2. The molecule has 1 aliphatic carbocycles. The lowest BCUT2D eigenvalue weighted by atomic mass is 9.93. The topological polar surface area (TPSA) is 88.0 Å². The van der Waals surface area contributed by atoms with E-state index in [1.807, 2.05) is 43.3 Å². The molecule has 3 N–H and O–H groups in total. The summed E-state index contributed by atoms with van der Waals surface area (Å²) in [7, 11) is 0. The van der Waals surface area contributed by atoms with Gasteiger partial charge in [-0.1, -0.05) is 13.0 Å². The number of aliphatic imine (C=N–C) groups is 1. The average Bonchev–Trinajstić information content (AvgIpc) is 2.79. The summed E-state index contributed by atoms with van der Waals surface area (Å²) >= 11 is 0. The van der Waals surface area contributed by atoms with E-state index in [9.17, 15) is 5.11 Å². The summed E-state index contributed by atoms with van der Waals surface area (Å²) < 4.78 is 11.6. The Balaban J connectivity index is 0.00000363. The molecule has 0 aliphatic heterocycles. The van der Waals surface area contributed by atoms with Gasteiger partial charge < -0.3 is 25.2 Å². The van der Waals surface area contributed by atoms with Gasteiger partial charge in [0, 0.05) is 24.3 Å². The van der Waals surface area contributed by atoms with Crippen LogP contribution in [-0.2, 0) is 6.54 Å². The standard InChI is InChI=1S/C24H34N4O3.HI/c1-3-16-30-21-11-13-22(14-12-21)31-23-18(6-5-15-26-23)17-27-24(25-4-2)28-19-7-9-20(29)10-8-19;/h5-6,11-15,19-20,29H,3-4,7-10,16-17H2,1-2H3,(H2,25,27,28);1H. The summed E-state index contributed by atoms with van der Waals surface area (Å²) in [4.78, 5) is 9.14. The monoisotopic (exact) mass is 554 g/mol. The summed E-state index contributed by atoms with van der Waals surface area (Å²) in [6.07, 6.45) is 6.09. The fourth-order valence-electron chi connectivity index (χ4n) is 3.47. The van der Waals surface area contributed by atoms with E-state index in [0.29, 0.717) is 30.8 Å². The Morgan fingerprint density at radius 3 is 2.50 bits per heavy atom. The van der Waals surface area contributed by atoms with Crippen LogP contribution in [0.5, 0.6) is 17.4 Å². The molecule has 7 nitrogen and oxygen atoms in total. The molecule has 0 bridgehead atoms. The lowest BCUT2D eigenvalue weighted by molar-refractivity contribution is 0.120. The van der Waals surface area contributed by atoms with Gasteiger partial charge in [-0.3, -0.25) is 0 Å². The quantitative estimate of drug-likeness (QED) is 0.238. The highest BCUT2D eigenvalue weighted by Crippen LogP contribution is 2.25. The van der Waals surface area contributed by atoms with Gasteiger partial charge in [0.05, 0.1) is 19.3 Å². The first-order valence-corrected chi connectivity index (χ1v) is 11.3. The molecule has 0 spiro atoms. The van der Waals surface area contributed by atoms with Crippen molar-refractivity contribution in [3.8, 4) is 17.4 Å². The molecule has 3 rings (SSSR count). The van der Waals surface area contributed by atoms with Gasteiger partial charge in [-0.25, -0.2) is 9.98 Å². The van der Waals surface area contributed by atoms with E-state index >= 15 is 0 Å². The van der Waals surface area contributed by atoms with Crippen molar-refractivity contribution >= 4 is 29.9 Å². The molecule has 32 heavy (non-hydrogen) atoms. The third-order valence-corrected chi connectivity index (χ3v) is 5.15. The minimum absolute atomic E-state index is 0. The molecule has 1 aromatic carbocycles. The molecular weight excluding hydrogens is 519 g/mol. The zero-order chi connectivity index (χ0) is 21.9. The van der Waals surface area contributed by atoms with Gasteiger partial charge in [0.25, 0.3) is 0 Å². The summed E-state index contributed by atoms with van der Waals surface area (Å²) in [6, 6.07) is 11.8. The third kappa shape index (κ3) is 8.46. The Kier molecular flexibility index (Phi) is 11.6. The molecule has 0 radical (unpaired) electrons. The van der Waals surface area contributed by atoms with Crippen molar-refractivity contribution in [2.75, 3.05) is 13.2 Å². The normalized spacial score (nSPS) is 18.4. The van der Waals surface area contributed by atoms with Gasteiger partial charge in [0.2, 0.25) is 5.88 Å². The van der Waals surface area contributed by atoms with Crippen molar-refractivity contribution < 1.29 is 14.6 Å². The first-order valence-electron chi connectivity index (χ1n) is 11.3. The highest BCUT2D eigenvalue weighted by molar-refractivity contribution is 14.0. The van der Waals surface area contributed by atoms with Crippen LogP contribution in [0.3, 0.4) is 0 Å². The first-order chi connectivity index (χ1) is 15.2. The second kappa shape index (κ2) is 14.2. The number of pyridine rings is 1. The molecule has 0 unspecified atom stereocenters. The highest BCUT2D eigenvalue weighted by Gasteiger charge is 2.20. The summed E-state index contributed by atoms with van der Waals surface area (Å²) in [6.45, 7) is 6.06. The first kappa shape index (κ1) is 26.2. The van der Waals surface area contributed by atoms with Crippen molar-refractivity contribution in [3.63, 3.8) is 0 Å². The highest BCUT2D eigenvalue weighted by atomic mass is 127. The van der Waals surface area contributed by atoms with Crippen molar-refractivity contribution in [2.24, 2.45) is 4.99 Å². The molecule has 176 valence electrons. The number of benzene rings is 1. The minimum Gasteiger partial charge on any atom is -0.494 e. The number of hydrogen-bond acceptors (Lipinski definition) is 5. The maximum atomic E-state index is 9.72. The number of aromatic nitrogens is 1. The number of halogens is 1. The smallest absolute Gasteiger partial charge is 0.224 e. The lowest BCUT2D eigenvalue weighted by Gasteiger charge is -2.27. The molecule has 1 heterocycles. The molecule has 2 aromatic rings. The van der Waals surface area contributed by atoms with Gasteiger partial charge in [-0.15, -0.1) is 24.0 Å². The van der Waals surface area contributed by atoms with Crippen LogP contribution in [0.1, 0.15) is 51.5 Å². The lowest BCUT2D eigenvalue weighted by Crippen LogP contribution is -2.45. The number of nitrogens with zero attached hydrogens (tertiary/aromatic N) is 2. The van der Waals surface area contributed by atoms with Crippen molar-refractivity contribution in [3.05, 3.63) is 48.2 Å². The van der Waals surface area contributed by atoms with Crippen LogP contribution >= 0.6 is 24.0 Å². The predicted molar refractivity (Wildman–Crippen MR) is 138 cm³/mol. The van der Waals surface area contributed by atoms with E-state index in [-0.39, 0.29) is 30.1 Å². The Hall–Kier alpha value is -2.07. The van der Waals surface area contributed by atoms with E-state index in [0.717, 1.165) is 55.9 Å². The maximum Gasteiger partial charge on any atom is 0.224 e.